The number of hydrogen-bond donors (Lipinski definition) is 2. The highest BCUT2D eigenvalue weighted by Crippen LogP contribution is 2.40. The summed E-state index contributed by atoms with van der Waals surface area (Å²) in [6.07, 6.45) is -2.15. The van der Waals surface area contributed by atoms with Crippen molar-refractivity contribution in [3.05, 3.63) is 77.5 Å². The summed E-state index contributed by atoms with van der Waals surface area (Å²) < 4.78 is 56.8. The molecule has 0 aliphatic heterocycles. The summed E-state index contributed by atoms with van der Waals surface area (Å²) in [5.41, 5.74) is 0.593. The summed E-state index contributed by atoms with van der Waals surface area (Å²) in [6, 6.07) is 13.9. The van der Waals surface area contributed by atoms with Gasteiger partial charge in [0.25, 0.3) is 0 Å². The van der Waals surface area contributed by atoms with E-state index in [1.807, 2.05) is 28.8 Å². The lowest BCUT2D eigenvalue weighted by atomic mass is 9.96. The Kier molecular flexibility index (Phi) is 7.10. The van der Waals surface area contributed by atoms with Gasteiger partial charge >= 0.3 is 6.18 Å². The van der Waals surface area contributed by atoms with Crippen LogP contribution in [0.25, 0.3) is 16.8 Å². The molecule has 11 heteroatoms. The van der Waals surface area contributed by atoms with Gasteiger partial charge in [0.1, 0.15) is 11.5 Å². The van der Waals surface area contributed by atoms with Gasteiger partial charge in [0.2, 0.25) is 5.60 Å². The van der Waals surface area contributed by atoms with E-state index in [1.54, 1.807) is 12.1 Å². The molecule has 36 heavy (non-hydrogen) atoms. The Balaban J connectivity index is 1.65. The molecule has 0 saturated carbocycles. The number of aliphatic hydroxyl groups is 1. The van der Waals surface area contributed by atoms with Crippen molar-refractivity contribution in [2.24, 2.45) is 0 Å². The Morgan fingerprint density at radius 2 is 1.89 bits per heavy atom. The van der Waals surface area contributed by atoms with Gasteiger partial charge in [-0.3, -0.25) is 0 Å². The molecule has 7 nitrogen and oxygen atoms in total. The van der Waals surface area contributed by atoms with Crippen LogP contribution in [0.15, 0.2) is 54.9 Å². The molecule has 4 aromatic rings. The van der Waals surface area contributed by atoms with E-state index in [2.05, 4.69) is 21.7 Å². The second-order valence-electron chi connectivity index (χ2n) is 8.45. The van der Waals surface area contributed by atoms with E-state index in [9.17, 15) is 22.7 Å². The average Bonchev–Trinajstić information content (AvgIpc) is 3.45. The lowest BCUT2D eigenvalue weighted by molar-refractivity contribution is -0.269. The number of hydrogen-bond acceptors (Lipinski definition) is 5. The van der Waals surface area contributed by atoms with Gasteiger partial charge < -0.3 is 14.8 Å². The van der Waals surface area contributed by atoms with Crippen LogP contribution >= 0.6 is 0 Å². The molecule has 3 heterocycles. The van der Waals surface area contributed by atoms with Crippen LogP contribution in [0.4, 0.5) is 17.6 Å². The molecule has 1 unspecified atom stereocenters. The second kappa shape index (κ2) is 10.1. The number of nitriles is 1. The van der Waals surface area contributed by atoms with Crippen LogP contribution in [0.2, 0.25) is 0 Å². The number of fused-ring (bicyclic) bond motifs is 1. The number of pyridine rings is 1. The summed E-state index contributed by atoms with van der Waals surface area (Å²) >= 11 is 0. The number of rotatable bonds is 9. The largest absolute Gasteiger partial charge is 0.423 e. The zero-order valence-electron chi connectivity index (χ0n) is 19.4. The standard InChI is InChI=1S/C25H24F4N6O/c1-2-24(36,25(27,28)29)22-16-34(33-32-22)15-17-8-11-35-21(12-17)13-19(14-31-10-3-9-30)23(35)18-4-6-20(26)7-5-18/h4-8,11-13,16,31,36H,2-3,10,14-15H2,1H3. The van der Waals surface area contributed by atoms with Gasteiger partial charge in [-0.2, -0.15) is 18.4 Å². The first kappa shape index (κ1) is 25.3. The Bertz CT molecular complexity index is 1390. The number of halogens is 4. The topological polar surface area (TPSA) is 91.2 Å². The number of nitrogens with zero attached hydrogens (tertiary/aromatic N) is 5. The van der Waals surface area contributed by atoms with Crippen LogP contribution in [0.1, 0.15) is 36.6 Å². The monoisotopic (exact) mass is 500 g/mol. The number of benzene rings is 1. The zero-order chi connectivity index (χ0) is 25.9. The third-order valence-electron chi connectivity index (χ3n) is 6.05. The number of nitrogens with one attached hydrogen (secondary N) is 1. The maximum atomic E-state index is 13.5. The minimum absolute atomic E-state index is 0.147. The fourth-order valence-electron chi connectivity index (χ4n) is 4.09. The van der Waals surface area contributed by atoms with E-state index in [1.165, 1.54) is 23.7 Å². The van der Waals surface area contributed by atoms with Crippen LogP contribution in [0.5, 0.6) is 0 Å². The quantitative estimate of drug-likeness (QED) is 0.260. The lowest BCUT2D eigenvalue weighted by Crippen LogP contribution is -2.42. The highest BCUT2D eigenvalue weighted by molar-refractivity contribution is 5.72. The lowest BCUT2D eigenvalue weighted by Gasteiger charge is -2.26. The van der Waals surface area contributed by atoms with Gasteiger partial charge in [0.05, 0.1) is 24.5 Å². The van der Waals surface area contributed by atoms with Crippen molar-refractivity contribution < 1.29 is 22.7 Å². The van der Waals surface area contributed by atoms with E-state index in [-0.39, 0.29) is 12.4 Å². The fraction of sp³-hybridized carbons (Fsp3) is 0.320. The third-order valence-corrected chi connectivity index (χ3v) is 6.05. The third kappa shape index (κ3) is 4.96. The van der Waals surface area contributed by atoms with Gasteiger partial charge in [-0.05, 0) is 65.6 Å². The van der Waals surface area contributed by atoms with Crippen LogP contribution in [-0.4, -0.2) is 37.2 Å². The molecule has 1 aromatic carbocycles. The Labute approximate surface area is 204 Å². The maximum absolute atomic E-state index is 13.5. The van der Waals surface area contributed by atoms with E-state index in [4.69, 9.17) is 5.26 Å². The van der Waals surface area contributed by atoms with Crippen molar-refractivity contribution in [1.29, 1.82) is 5.26 Å². The molecule has 0 aliphatic carbocycles. The Morgan fingerprint density at radius 1 is 1.14 bits per heavy atom. The van der Waals surface area contributed by atoms with Crippen LogP contribution < -0.4 is 5.32 Å². The first-order chi connectivity index (χ1) is 17.2. The van der Waals surface area contributed by atoms with Gasteiger partial charge in [-0.25, -0.2) is 9.07 Å². The second-order valence-corrected chi connectivity index (χ2v) is 8.45. The number of alkyl halides is 3. The molecular weight excluding hydrogens is 476 g/mol. The molecule has 0 aliphatic rings. The van der Waals surface area contributed by atoms with Gasteiger partial charge in [0, 0.05) is 31.2 Å². The van der Waals surface area contributed by atoms with Crippen molar-refractivity contribution in [3.63, 3.8) is 0 Å². The minimum atomic E-state index is -4.87. The highest BCUT2D eigenvalue weighted by atomic mass is 19.4. The van der Waals surface area contributed by atoms with E-state index in [0.29, 0.717) is 19.5 Å². The summed E-state index contributed by atoms with van der Waals surface area (Å²) in [7, 11) is 0. The van der Waals surface area contributed by atoms with Crippen LogP contribution in [0.3, 0.4) is 0 Å². The minimum Gasteiger partial charge on any atom is -0.375 e. The molecule has 0 amide bonds. The Morgan fingerprint density at radius 3 is 2.56 bits per heavy atom. The normalized spacial score (nSPS) is 13.6. The predicted molar refractivity (Wildman–Crippen MR) is 124 cm³/mol. The van der Waals surface area contributed by atoms with Crippen molar-refractivity contribution in [2.75, 3.05) is 6.54 Å². The van der Waals surface area contributed by atoms with Gasteiger partial charge in [-0.15, -0.1) is 5.10 Å². The molecule has 2 N–H and O–H groups in total. The molecule has 0 saturated heterocycles. The molecule has 188 valence electrons. The maximum Gasteiger partial charge on any atom is 0.423 e. The van der Waals surface area contributed by atoms with E-state index >= 15 is 0 Å². The van der Waals surface area contributed by atoms with Crippen LogP contribution in [-0.2, 0) is 18.7 Å². The van der Waals surface area contributed by atoms with Gasteiger partial charge in [0.15, 0.2) is 0 Å². The van der Waals surface area contributed by atoms with Crippen molar-refractivity contribution in [2.45, 2.75) is 44.6 Å². The van der Waals surface area contributed by atoms with Crippen molar-refractivity contribution >= 4 is 5.52 Å². The number of aromatic nitrogens is 4. The van der Waals surface area contributed by atoms with E-state index < -0.39 is 23.9 Å². The molecule has 0 fully saturated rings. The summed E-state index contributed by atoms with van der Waals surface area (Å²) in [4.78, 5) is 0. The summed E-state index contributed by atoms with van der Waals surface area (Å²) in [5.74, 6) is -0.344. The van der Waals surface area contributed by atoms with E-state index in [0.717, 1.165) is 34.1 Å². The molecule has 4 rings (SSSR count). The smallest absolute Gasteiger partial charge is 0.375 e. The zero-order valence-corrected chi connectivity index (χ0v) is 19.4. The average molecular weight is 501 g/mol. The van der Waals surface area contributed by atoms with Crippen LogP contribution in [0, 0.1) is 17.1 Å². The highest BCUT2D eigenvalue weighted by Gasteiger charge is 2.55. The molecule has 3 aromatic heterocycles. The van der Waals surface area contributed by atoms with Crippen molar-refractivity contribution in [1.82, 2.24) is 24.7 Å². The first-order valence-corrected chi connectivity index (χ1v) is 11.3. The predicted octanol–water partition coefficient (Wildman–Crippen LogP) is 4.55. The van der Waals surface area contributed by atoms with Crippen molar-refractivity contribution in [3.8, 4) is 17.3 Å². The fourth-order valence-corrected chi connectivity index (χ4v) is 4.09. The molecule has 1 atom stereocenters. The molecule has 0 spiro atoms. The molecule has 0 radical (unpaired) electrons. The first-order valence-electron chi connectivity index (χ1n) is 11.3. The Hall–Kier alpha value is -3.75. The summed E-state index contributed by atoms with van der Waals surface area (Å²) in [6.45, 7) is 2.39. The molecule has 0 bridgehead atoms. The van der Waals surface area contributed by atoms with Gasteiger partial charge in [-0.1, -0.05) is 12.1 Å². The molecular formula is C25H24F4N6O. The SMILES string of the molecule is CCC(O)(c1cn(Cc2ccn3c(-c4ccc(F)cc4)c(CNCCC#N)cc3c2)nn1)C(F)(F)F. The summed E-state index contributed by atoms with van der Waals surface area (Å²) in [5, 5.41) is 29.5.